The molecule has 0 amide bonds. The highest BCUT2D eigenvalue weighted by molar-refractivity contribution is 5.92. The summed E-state index contributed by atoms with van der Waals surface area (Å²) in [7, 11) is 0. The number of hydrogen-bond acceptors (Lipinski definition) is 2. The lowest BCUT2D eigenvalue weighted by atomic mass is 9.77. The number of nitrogens with one attached hydrogen (secondary N) is 1. The van der Waals surface area contributed by atoms with Gasteiger partial charge in [0, 0.05) is 11.5 Å². The standard InChI is InChI=1S/C14H21F2N3O/c1-13(2,14(3,4)20)8-18-12(17)19-11-7-9(15)5-6-10(11)16/h5-7,20H,8H2,1-4H3,(H3,17,18,19). The van der Waals surface area contributed by atoms with Crippen LogP contribution in [0.2, 0.25) is 0 Å². The van der Waals surface area contributed by atoms with Crippen LogP contribution in [0, 0.1) is 17.0 Å². The molecule has 0 spiro atoms. The van der Waals surface area contributed by atoms with Crippen molar-refractivity contribution in [1.29, 1.82) is 0 Å². The van der Waals surface area contributed by atoms with Crippen molar-refractivity contribution >= 4 is 11.6 Å². The molecule has 4 N–H and O–H groups in total. The number of aliphatic imine (C=N–C) groups is 1. The number of guanidine groups is 1. The van der Waals surface area contributed by atoms with Crippen LogP contribution >= 0.6 is 0 Å². The summed E-state index contributed by atoms with van der Waals surface area (Å²) in [5.74, 6) is -1.23. The highest BCUT2D eigenvalue weighted by Crippen LogP contribution is 2.30. The van der Waals surface area contributed by atoms with E-state index in [0.29, 0.717) is 0 Å². The maximum Gasteiger partial charge on any atom is 0.193 e. The van der Waals surface area contributed by atoms with Gasteiger partial charge < -0.3 is 16.2 Å². The van der Waals surface area contributed by atoms with Crippen LogP contribution in [0.4, 0.5) is 14.5 Å². The van der Waals surface area contributed by atoms with E-state index in [1.165, 1.54) is 0 Å². The molecule has 0 bridgehead atoms. The predicted octanol–water partition coefficient (Wildman–Crippen LogP) is 2.49. The highest BCUT2D eigenvalue weighted by Gasteiger charge is 2.34. The summed E-state index contributed by atoms with van der Waals surface area (Å²) < 4.78 is 26.4. The van der Waals surface area contributed by atoms with E-state index in [1.54, 1.807) is 13.8 Å². The van der Waals surface area contributed by atoms with Crippen LogP contribution in [0.15, 0.2) is 23.2 Å². The van der Waals surface area contributed by atoms with Gasteiger partial charge in [-0.25, -0.2) is 8.78 Å². The molecule has 0 atom stereocenters. The Balaban J connectivity index is 2.79. The van der Waals surface area contributed by atoms with Crippen LogP contribution in [0.25, 0.3) is 0 Å². The first-order valence-electron chi connectivity index (χ1n) is 6.27. The fourth-order valence-electron chi connectivity index (χ4n) is 1.25. The third-order valence-electron chi connectivity index (χ3n) is 3.49. The van der Waals surface area contributed by atoms with Crippen LogP contribution in [0.1, 0.15) is 27.7 Å². The Bertz CT molecular complexity index is 508. The molecule has 0 aliphatic heterocycles. The largest absolute Gasteiger partial charge is 0.390 e. The predicted molar refractivity (Wildman–Crippen MR) is 76.5 cm³/mol. The lowest BCUT2D eigenvalue weighted by Crippen LogP contribution is -2.41. The quantitative estimate of drug-likeness (QED) is 0.588. The molecular formula is C14H21F2N3O. The Morgan fingerprint density at radius 2 is 1.90 bits per heavy atom. The van der Waals surface area contributed by atoms with Crippen molar-refractivity contribution in [2.75, 3.05) is 11.9 Å². The van der Waals surface area contributed by atoms with E-state index >= 15 is 0 Å². The van der Waals surface area contributed by atoms with E-state index in [-0.39, 0.29) is 18.2 Å². The fraction of sp³-hybridized carbons (Fsp3) is 0.500. The van der Waals surface area contributed by atoms with Gasteiger partial charge in [0.25, 0.3) is 0 Å². The van der Waals surface area contributed by atoms with Crippen molar-refractivity contribution in [2.24, 2.45) is 16.1 Å². The Hall–Kier alpha value is -1.69. The third kappa shape index (κ3) is 4.16. The molecule has 20 heavy (non-hydrogen) atoms. The Labute approximate surface area is 117 Å². The zero-order chi connectivity index (χ0) is 15.6. The molecule has 1 aromatic rings. The van der Waals surface area contributed by atoms with Gasteiger partial charge in [0.05, 0.1) is 17.8 Å². The zero-order valence-electron chi connectivity index (χ0n) is 12.2. The average molecular weight is 285 g/mol. The summed E-state index contributed by atoms with van der Waals surface area (Å²) in [6.07, 6.45) is 0. The van der Waals surface area contributed by atoms with Crippen LogP contribution in [0.3, 0.4) is 0 Å². The topological polar surface area (TPSA) is 70.6 Å². The van der Waals surface area contributed by atoms with Gasteiger partial charge in [-0.1, -0.05) is 13.8 Å². The number of halogens is 2. The molecule has 0 aromatic heterocycles. The van der Waals surface area contributed by atoms with Gasteiger partial charge >= 0.3 is 0 Å². The van der Waals surface area contributed by atoms with Crippen LogP contribution < -0.4 is 11.1 Å². The first-order valence-corrected chi connectivity index (χ1v) is 6.27. The monoisotopic (exact) mass is 285 g/mol. The first kappa shape index (κ1) is 16.4. The summed E-state index contributed by atoms with van der Waals surface area (Å²) in [5.41, 5.74) is 4.11. The van der Waals surface area contributed by atoms with Gasteiger partial charge in [0.1, 0.15) is 11.6 Å². The van der Waals surface area contributed by atoms with Gasteiger partial charge in [0.2, 0.25) is 0 Å². The lowest BCUT2D eigenvalue weighted by Gasteiger charge is -2.35. The molecule has 0 aliphatic rings. The van der Waals surface area contributed by atoms with Gasteiger partial charge in [-0.05, 0) is 26.0 Å². The average Bonchev–Trinajstić information content (AvgIpc) is 2.30. The Kier molecular flexibility index (Phi) is 4.70. The summed E-state index contributed by atoms with van der Waals surface area (Å²) in [4.78, 5) is 4.06. The van der Waals surface area contributed by atoms with E-state index < -0.39 is 22.7 Å². The Morgan fingerprint density at radius 1 is 1.30 bits per heavy atom. The maximum atomic E-state index is 13.4. The molecule has 0 saturated carbocycles. The van der Waals surface area contributed by atoms with E-state index in [4.69, 9.17) is 5.73 Å². The van der Waals surface area contributed by atoms with Crippen LogP contribution in [0.5, 0.6) is 0 Å². The summed E-state index contributed by atoms with van der Waals surface area (Å²) >= 11 is 0. The van der Waals surface area contributed by atoms with Gasteiger partial charge in [-0.3, -0.25) is 4.99 Å². The maximum absolute atomic E-state index is 13.4. The van der Waals surface area contributed by atoms with Gasteiger partial charge in [-0.2, -0.15) is 0 Å². The number of anilines is 1. The van der Waals surface area contributed by atoms with Crippen molar-refractivity contribution in [3.8, 4) is 0 Å². The van der Waals surface area contributed by atoms with Crippen LogP contribution in [-0.4, -0.2) is 23.2 Å². The SMILES string of the molecule is CC(C)(O)C(C)(C)CN=C(N)Nc1cc(F)ccc1F. The molecular weight excluding hydrogens is 264 g/mol. The lowest BCUT2D eigenvalue weighted by molar-refractivity contribution is -0.0289. The van der Waals surface area contributed by atoms with E-state index in [0.717, 1.165) is 18.2 Å². The van der Waals surface area contributed by atoms with E-state index in [9.17, 15) is 13.9 Å². The number of rotatable bonds is 4. The smallest absolute Gasteiger partial charge is 0.193 e. The summed E-state index contributed by atoms with van der Waals surface area (Å²) in [6, 6.07) is 3.02. The van der Waals surface area contributed by atoms with Gasteiger partial charge in [-0.15, -0.1) is 0 Å². The molecule has 4 nitrogen and oxygen atoms in total. The highest BCUT2D eigenvalue weighted by atomic mass is 19.1. The number of aliphatic hydroxyl groups is 1. The number of nitrogens with zero attached hydrogens (tertiary/aromatic N) is 1. The van der Waals surface area contributed by atoms with Crippen molar-refractivity contribution < 1.29 is 13.9 Å². The second kappa shape index (κ2) is 5.75. The van der Waals surface area contributed by atoms with Crippen molar-refractivity contribution in [3.05, 3.63) is 29.8 Å². The minimum Gasteiger partial charge on any atom is -0.390 e. The normalized spacial score (nSPS) is 13.4. The van der Waals surface area contributed by atoms with Crippen LogP contribution in [-0.2, 0) is 0 Å². The molecule has 112 valence electrons. The minimum absolute atomic E-state index is 0.0353. The van der Waals surface area contributed by atoms with Crippen molar-refractivity contribution in [3.63, 3.8) is 0 Å². The van der Waals surface area contributed by atoms with E-state index in [2.05, 4.69) is 10.3 Å². The summed E-state index contributed by atoms with van der Waals surface area (Å²) in [6.45, 7) is 7.28. The molecule has 0 heterocycles. The molecule has 6 heteroatoms. The second-order valence-corrected chi connectivity index (χ2v) is 5.89. The molecule has 1 aromatic carbocycles. The van der Waals surface area contributed by atoms with Crippen molar-refractivity contribution in [1.82, 2.24) is 0 Å². The molecule has 0 radical (unpaired) electrons. The van der Waals surface area contributed by atoms with Crippen molar-refractivity contribution in [2.45, 2.75) is 33.3 Å². The first-order chi connectivity index (χ1) is 9.03. The molecule has 0 fully saturated rings. The number of hydrogen-bond donors (Lipinski definition) is 3. The zero-order valence-corrected chi connectivity index (χ0v) is 12.2. The number of nitrogens with two attached hydrogens (primary N) is 1. The fourth-order valence-corrected chi connectivity index (χ4v) is 1.25. The summed E-state index contributed by atoms with van der Waals surface area (Å²) in [5, 5.41) is 12.5. The van der Waals surface area contributed by atoms with E-state index in [1.807, 2.05) is 13.8 Å². The third-order valence-corrected chi connectivity index (χ3v) is 3.49. The molecule has 0 saturated heterocycles. The second-order valence-electron chi connectivity index (χ2n) is 5.89. The minimum atomic E-state index is -0.944. The number of benzene rings is 1. The molecule has 0 unspecified atom stereocenters. The Morgan fingerprint density at radius 3 is 2.45 bits per heavy atom. The molecule has 0 aliphatic carbocycles. The van der Waals surface area contributed by atoms with Gasteiger partial charge in [0.15, 0.2) is 5.96 Å². The molecule has 1 rings (SSSR count).